The van der Waals surface area contributed by atoms with Crippen LogP contribution in [-0.4, -0.2) is 35.8 Å². The third-order valence-electron chi connectivity index (χ3n) is 4.38. The minimum absolute atomic E-state index is 0.195. The summed E-state index contributed by atoms with van der Waals surface area (Å²) >= 11 is 5.16. The standard InChI is InChI=1S/C18H21BrN2OS/c1-20(11-14-8-10-23-13-14)18(22)12-21-9-2-3-17(21)15-4-6-16(19)7-5-15/h4-8,10,13,17H,2-3,9,11-12H2,1H3. The van der Waals surface area contributed by atoms with Crippen LogP contribution in [0.2, 0.25) is 0 Å². The highest BCUT2D eigenvalue weighted by atomic mass is 79.9. The molecule has 1 atom stereocenters. The van der Waals surface area contributed by atoms with E-state index in [0.717, 1.165) is 23.9 Å². The van der Waals surface area contributed by atoms with Gasteiger partial charge < -0.3 is 4.90 Å². The first-order valence-corrected chi connectivity index (χ1v) is 9.61. The quantitative estimate of drug-likeness (QED) is 0.756. The molecule has 3 rings (SSSR count). The Morgan fingerprint density at radius 1 is 1.35 bits per heavy atom. The van der Waals surface area contributed by atoms with E-state index in [1.165, 1.54) is 11.1 Å². The number of likely N-dealkylation sites (tertiary alicyclic amines) is 1. The smallest absolute Gasteiger partial charge is 0.236 e. The van der Waals surface area contributed by atoms with Crippen molar-refractivity contribution in [3.05, 3.63) is 56.7 Å². The number of nitrogens with zero attached hydrogens (tertiary/aromatic N) is 2. The summed E-state index contributed by atoms with van der Waals surface area (Å²) in [5.41, 5.74) is 2.51. The van der Waals surface area contributed by atoms with Gasteiger partial charge in [0, 0.05) is 24.1 Å². The Morgan fingerprint density at radius 3 is 2.83 bits per heavy atom. The van der Waals surface area contributed by atoms with Crippen molar-refractivity contribution in [2.45, 2.75) is 25.4 Å². The molecule has 2 aromatic rings. The summed E-state index contributed by atoms with van der Waals surface area (Å²) < 4.78 is 1.09. The number of thiophene rings is 1. The number of likely N-dealkylation sites (N-methyl/N-ethyl adjacent to an activating group) is 1. The van der Waals surface area contributed by atoms with Crippen LogP contribution in [0.25, 0.3) is 0 Å². The Balaban J connectivity index is 1.61. The van der Waals surface area contributed by atoms with E-state index in [0.29, 0.717) is 19.1 Å². The summed E-state index contributed by atoms with van der Waals surface area (Å²) in [6.45, 7) is 2.19. The second-order valence-corrected chi connectivity index (χ2v) is 7.76. The SMILES string of the molecule is CN(Cc1ccsc1)C(=O)CN1CCCC1c1ccc(Br)cc1. The zero-order chi connectivity index (χ0) is 16.2. The molecule has 1 saturated heterocycles. The molecule has 1 aromatic heterocycles. The summed E-state index contributed by atoms with van der Waals surface area (Å²) in [7, 11) is 1.89. The van der Waals surface area contributed by atoms with E-state index in [9.17, 15) is 4.79 Å². The number of hydrogen-bond donors (Lipinski definition) is 0. The average Bonchev–Trinajstić information content (AvgIpc) is 3.20. The Bertz CT molecular complexity index is 642. The van der Waals surface area contributed by atoms with Crippen molar-refractivity contribution in [1.29, 1.82) is 0 Å². The van der Waals surface area contributed by atoms with Crippen molar-refractivity contribution in [1.82, 2.24) is 9.80 Å². The summed E-state index contributed by atoms with van der Waals surface area (Å²) in [6, 6.07) is 10.9. The largest absolute Gasteiger partial charge is 0.340 e. The summed E-state index contributed by atoms with van der Waals surface area (Å²) in [5.74, 6) is 0.195. The lowest BCUT2D eigenvalue weighted by atomic mass is 10.0. The molecule has 2 heterocycles. The molecule has 23 heavy (non-hydrogen) atoms. The topological polar surface area (TPSA) is 23.6 Å². The van der Waals surface area contributed by atoms with Crippen molar-refractivity contribution < 1.29 is 4.79 Å². The third kappa shape index (κ3) is 4.22. The second-order valence-electron chi connectivity index (χ2n) is 6.06. The van der Waals surface area contributed by atoms with Gasteiger partial charge in [-0.05, 0) is 59.5 Å². The Morgan fingerprint density at radius 2 is 2.13 bits per heavy atom. The van der Waals surface area contributed by atoms with E-state index >= 15 is 0 Å². The number of halogens is 1. The van der Waals surface area contributed by atoms with Gasteiger partial charge in [-0.2, -0.15) is 11.3 Å². The highest BCUT2D eigenvalue weighted by molar-refractivity contribution is 9.10. The molecule has 1 amide bonds. The normalized spacial score (nSPS) is 18.3. The molecule has 0 aliphatic carbocycles. The van der Waals surface area contributed by atoms with E-state index in [1.807, 2.05) is 11.9 Å². The van der Waals surface area contributed by atoms with Gasteiger partial charge in [-0.3, -0.25) is 9.69 Å². The first kappa shape index (κ1) is 16.7. The predicted molar refractivity (Wildman–Crippen MR) is 98.5 cm³/mol. The van der Waals surface area contributed by atoms with E-state index in [4.69, 9.17) is 0 Å². The number of benzene rings is 1. The van der Waals surface area contributed by atoms with E-state index in [1.54, 1.807) is 11.3 Å². The lowest BCUT2D eigenvalue weighted by Gasteiger charge is -2.26. The van der Waals surface area contributed by atoms with Gasteiger partial charge in [0.1, 0.15) is 0 Å². The summed E-state index contributed by atoms with van der Waals surface area (Å²) in [5, 5.41) is 4.15. The fourth-order valence-electron chi connectivity index (χ4n) is 3.12. The van der Waals surface area contributed by atoms with Crippen molar-refractivity contribution in [2.75, 3.05) is 20.1 Å². The fourth-order valence-corrected chi connectivity index (χ4v) is 4.04. The number of amides is 1. The predicted octanol–water partition coefficient (Wildman–Crippen LogP) is 4.31. The molecule has 0 saturated carbocycles. The molecule has 1 unspecified atom stereocenters. The van der Waals surface area contributed by atoms with Crippen molar-refractivity contribution in [2.24, 2.45) is 0 Å². The Labute approximate surface area is 150 Å². The van der Waals surface area contributed by atoms with Gasteiger partial charge in [0.2, 0.25) is 5.91 Å². The van der Waals surface area contributed by atoms with Crippen LogP contribution in [0.5, 0.6) is 0 Å². The highest BCUT2D eigenvalue weighted by Gasteiger charge is 2.28. The molecular formula is C18H21BrN2OS. The van der Waals surface area contributed by atoms with Crippen molar-refractivity contribution in [3.8, 4) is 0 Å². The molecule has 3 nitrogen and oxygen atoms in total. The van der Waals surface area contributed by atoms with E-state index < -0.39 is 0 Å². The van der Waals surface area contributed by atoms with Gasteiger partial charge in [0.05, 0.1) is 6.54 Å². The molecule has 0 N–H and O–H groups in total. The lowest BCUT2D eigenvalue weighted by Crippen LogP contribution is -2.37. The molecule has 122 valence electrons. The highest BCUT2D eigenvalue weighted by Crippen LogP contribution is 2.32. The monoisotopic (exact) mass is 392 g/mol. The molecule has 0 bridgehead atoms. The van der Waals surface area contributed by atoms with Crippen LogP contribution in [0.4, 0.5) is 0 Å². The van der Waals surface area contributed by atoms with Gasteiger partial charge in [-0.15, -0.1) is 0 Å². The number of hydrogen-bond acceptors (Lipinski definition) is 3. The van der Waals surface area contributed by atoms with Crippen molar-refractivity contribution in [3.63, 3.8) is 0 Å². The van der Waals surface area contributed by atoms with Crippen LogP contribution in [-0.2, 0) is 11.3 Å². The molecular weight excluding hydrogens is 372 g/mol. The van der Waals surface area contributed by atoms with Crippen LogP contribution in [0.3, 0.4) is 0 Å². The summed E-state index contributed by atoms with van der Waals surface area (Å²) in [4.78, 5) is 16.7. The van der Waals surface area contributed by atoms with Crippen LogP contribution in [0.1, 0.15) is 30.0 Å². The number of rotatable bonds is 5. The van der Waals surface area contributed by atoms with Gasteiger partial charge in [-0.25, -0.2) is 0 Å². The first-order chi connectivity index (χ1) is 11.1. The van der Waals surface area contributed by atoms with Crippen LogP contribution < -0.4 is 0 Å². The maximum atomic E-state index is 12.5. The van der Waals surface area contributed by atoms with Crippen LogP contribution in [0.15, 0.2) is 45.6 Å². The Kier molecular flexibility index (Phi) is 5.51. The fraction of sp³-hybridized carbons (Fsp3) is 0.389. The molecule has 1 aromatic carbocycles. The minimum Gasteiger partial charge on any atom is -0.340 e. The molecule has 1 aliphatic heterocycles. The van der Waals surface area contributed by atoms with Gasteiger partial charge in [0.25, 0.3) is 0 Å². The zero-order valence-corrected chi connectivity index (χ0v) is 15.6. The Hall–Kier alpha value is -1.17. The minimum atomic E-state index is 0.195. The molecule has 5 heteroatoms. The average molecular weight is 393 g/mol. The molecule has 1 aliphatic rings. The second kappa shape index (κ2) is 7.60. The third-order valence-corrected chi connectivity index (χ3v) is 5.64. The molecule has 1 fully saturated rings. The van der Waals surface area contributed by atoms with Gasteiger partial charge in [-0.1, -0.05) is 28.1 Å². The zero-order valence-electron chi connectivity index (χ0n) is 13.2. The van der Waals surface area contributed by atoms with Crippen molar-refractivity contribution >= 4 is 33.2 Å². The number of carbonyl (C=O) groups excluding carboxylic acids is 1. The molecule has 0 spiro atoms. The van der Waals surface area contributed by atoms with Gasteiger partial charge >= 0.3 is 0 Å². The van der Waals surface area contributed by atoms with Gasteiger partial charge in [0.15, 0.2) is 0 Å². The first-order valence-electron chi connectivity index (χ1n) is 7.88. The maximum Gasteiger partial charge on any atom is 0.236 e. The van der Waals surface area contributed by atoms with Crippen LogP contribution >= 0.6 is 27.3 Å². The van der Waals surface area contributed by atoms with Crippen LogP contribution in [0, 0.1) is 0 Å². The van der Waals surface area contributed by atoms with E-state index in [-0.39, 0.29) is 5.91 Å². The summed E-state index contributed by atoms with van der Waals surface area (Å²) in [6.07, 6.45) is 2.28. The lowest BCUT2D eigenvalue weighted by molar-refractivity contribution is -0.131. The van der Waals surface area contributed by atoms with E-state index in [2.05, 4.69) is 61.9 Å². The maximum absolute atomic E-state index is 12.5. The molecule has 0 radical (unpaired) electrons. The number of carbonyl (C=O) groups is 1.